The number of methoxy groups -OCH3 is 2. The van der Waals surface area contributed by atoms with E-state index in [-0.39, 0.29) is 5.41 Å². The van der Waals surface area contributed by atoms with Gasteiger partial charge in [0, 0.05) is 0 Å². The summed E-state index contributed by atoms with van der Waals surface area (Å²) < 4.78 is 11.1. The molecule has 1 aromatic carbocycles. The molecule has 0 aromatic heterocycles. The molecule has 1 atom stereocenters. The second kappa shape index (κ2) is 5.74. The molecule has 2 heteroatoms. The number of ether oxygens (including phenoxy) is 2. The highest BCUT2D eigenvalue weighted by Crippen LogP contribution is 2.47. The van der Waals surface area contributed by atoms with E-state index in [0.29, 0.717) is 5.92 Å². The minimum Gasteiger partial charge on any atom is -0.496 e. The van der Waals surface area contributed by atoms with Crippen LogP contribution >= 0.6 is 0 Å². The van der Waals surface area contributed by atoms with Crippen LogP contribution in [0.15, 0.2) is 36.4 Å². The molecule has 108 valence electrons. The van der Waals surface area contributed by atoms with Crippen molar-refractivity contribution < 1.29 is 9.47 Å². The second-order valence-electron chi connectivity index (χ2n) is 6.24. The molecule has 0 fully saturated rings. The van der Waals surface area contributed by atoms with E-state index >= 15 is 0 Å². The van der Waals surface area contributed by atoms with Gasteiger partial charge >= 0.3 is 0 Å². The molecule has 0 amide bonds. The maximum Gasteiger partial charge on any atom is 0.130 e. The van der Waals surface area contributed by atoms with Gasteiger partial charge < -0.3 is 9.47 Å². The van der Waals surface area contributed by atoms with Crippen LogP contribution in [0.3, 0.4) is 0 Å². The summed E-state index contributed by atoms with van der Waals surface area (Å²) in [5.74, 6) is 2.21. The summed E-state index contributed by atoms with van der Waals surface area (Å²) in [6.07, 6.45) is 7.61. The van der Waals surface area contributed by atoms with Crippen LogP contribution in [-0.2, 0) is 0 Å². The van der Waals surface area contributed by atoms with Gasteiger partial charge in [-0.25, -0.2) is 0 Å². The normalized spacial score (nSPS) is 18.6. The number of rotatable bonds is 3. The van der Waals surface area contributed by atoms with Gasteiger partial charge in [0.15, 0.2) is 0 Å². The smallest absolute Gasteiger partial charge is 0.130 e. The Kier molecular flexibility index (Phi) is 4.22. The van der Waals surface area contributed by atoms with E-state index in [9.17, 15) is 0 Å². The zero-order valence-corrected chi connectivity index (χ0v) is 13.1. The van der Waals surface area contributed by atoms with Gasteiger partial charge in [0.2, 0.25) is 0 Å². The van der Waals surface area contributed by atoms with Crippen LogP contribution in [0.4, 0.5) is 0 Å². The molecule has 1 aromatic rings. The topological polar surface area (TPSA) is 18.5 Å². The molecule has 0 saturated heterocycles. The summed E-state index contributed by atoms with van der Waals surface area (Å²) in [6.45, 7) is 6.85. The SMILES string of the molecule is COc1cccc(OC)c1C1=CC=CC[C@H]1C(C)(C)C. The Labute approximate surface area is 122 Å². The van der Waals surface area contributed by atoms with E-state index in [0.717, 1.165) is 23.5 Å². The first-order valence-corrected chi connectivity index (χ1v) is 7.07. The largest absolute Gasteiger partial charge is 0.496 e. The Balaban J connectivity index is 2.59. The molecule has 0 heterocycles. The zero-order valence-electron chi connectivity index (χ0n) is 13.1. The van der Waals surface area contributed by atoms with Gasteiger partial charge in [0.05, 0.1) is 19.8 Å². The first-order valence-electron chi connectivity index (χ1n) is 7.07. The van der Waals surface area contributed by atoms with Gasteiger partial charge in [-0.05, 0) is 35.5 Å². The molecule has 0 spiro atoms. The molecule has 0 saturated carbocycles. The van der Waals surface area contributed by atoms with Crippen LogP contribution in [0.5, 0.6) is 11.5 Å². The van der Waals surface area contributed by atoms with Crippen molar-refractivity contribution in [2.75, 3.05) is 14.2 Å². The van der Waals surface area contributed by atoms with Crippen molar-refractivity contribution >= 4 is 5.57 Å². The molecule has 0 N–H and O–H groups in total. The molecule has 2 rings (SSSR count). The first kappa shape index (κ1) is 14.7. The van der Waals surface area contributed by atoms with Crippen LogP contribution in [0.2, 0.25) is 0 Å². The van der Waals surface area contributed by atoms with E-state index in [4.69, 9.17) is 9.47 Å². The lowest BCUT2D eigenvalue weighted by molar-refractivity contribution is 0.301. The highest BCUT2D eigenvalue weighted by Gasteiger charge is 2.31. The van der Waals surface area contributed by atoms with Gasteiger partial charge in [-0.3, -0.25) is 0 Å². The van der Waals surface area contributed by atoms with Crippen molar-refractivity contribution in [1.82, 2.24) is 0 Å². The predicted molar refractivity (Wildman–Crippen MR) is 84.2 cm³/mol. The lowest BCUT2D eigenvalue weighted by atomic mass is 9.70. The molecular formula is C18H24O2. The van der Waals surface area contributed by atoms with Crippen LogP contribution in [0, 0.1) is 11.3 Å². The van der Waals surface area contributed by atoms with Crippen LogP contribution in [0.1, 0.15) is 32.8 Å². The summed E-state index contributed by atoms with van der Waals surface area (Å²) in [5.41, 5.74) is 2.58. The third kappa shape index (κ3) is 2.74. The fraction of sp³-hybridized carbons (Fsp3) is 0.444. The van der Waals surface area contributed by atoms with E-state index in [2.05, 4.69) is 39.0 Å². The summed E-state index contributed by atoms with van der Waals surface area (Å²) >= 11 is 0. The molecule has 20 heavy (non-hydrogen) atoms. The quantitative estimate of drug-likeness (QED) is 0.793. The lowest BCUT2D eigenvalue weighted by Crippen LogP contribution is -2.23. The molecule has 1 aliphatic rings. The number of hydrogen-bond acceptors (Lipinski definition) is 2. The summed E-state index contributed by atoms with van der Waals surface area (Å²) in [6, 6.07) is 5.96. The number of hydrogen-bond donors (Lipinski definition) is 0. The van der Waals surface area contributed by atoms with Crippen molar-refractivity contribution in [2.45, 2.75) is 27.2 Å². The molecule has 0 bridgehead atoms. The number of benzene rings is 1. The fourth-order valence-corrected chi connectivity index (χ4v) is 2.84. The lowest BCUT2D eigenvalue weighted by Gasteiger charge is -2.34. The summed E-state index contributed by atoms with van der Waals surface area (Å²) in [7, 11) is 3.42. The van der Waals surface area contributed by atoms with E-state index < -0.39 is 0 Å². The van der Waals surface area contributed by atoms with Crippen molar-refractivity contribution in [3.8, 4) is 11.5 Å². The van der Waals surface area contributed by atoms with Gasteiger partial charge in [-0.1, -0.05) is 45.1 Å². The highest BCUT2D eigenvalue weighted by molar-refractivity contribution is 5.79. The van der Waals surface area contributed by atoms with E-state index in [1.165, 1.54) is 5.57 Å². The fourth-order valence-electron chi connectivity index (χ4n) is 2.84. The van der Waals surface area contributed by atoms with E-state index in [1.54, 1.807) is 14.2 Å². The van der Waals surface area contributed by atoms with Crippen molar-refractivity contribution in [2.24, 2.45) is 11.3 Å². The average molecular weight is 272 g/mol. The Hall–Kier alpha value is -1.70. The first-order chi connectivity index (χ1) is 9.49. The Morgan fingerprint density at radius 1 is 1.05 bits per heavy atom. The molecule has 0 aliphatic heterocycles. The summed E-state index contributed by atoms with van der Waals surface area (Å²) in [5, 5.41) is 0. The second-order valence-corrected chi connectivity index (χ2v) is 6.24. The molecular weight excluding hydrogens is 248 g/mol. The number of allylic oxidation sites excluding steroid dienone is 4. The third-order valence-electron chi connectivity index (χ3n) is 3.92. The summed E-state index contributed by atoms with van der Waals surface area (Å²) in [4.78, 5) is 0. The monoisotopic (exact) mass is 272 g/mol. The molecule has 2 nitrogen and oxygen atoms in total. The third-order valence-corrected chi connectivity index (χ3v) is 3.92. The van der Waals surface area contributed by atoms with Gasteiger partial charge in [0.1, 0.15) is 11.5 Å². The van der Waals surface area contributed by atoms with Crippen molar-refractivity contribution in [3.05, 3.63) is 42.0 Å². The minimum atomic E-state index is 0.197. The van der Waals surface area contributed by atoms with Crippen LogP contribution < -0.4 is 9.47 Å². The maximum atomic E-state index is 5.56. The Bertz CT molecular complexity index is 511. The minimum absolute atomic E-state index is 0.197. The van der Waals surface area contributed by atoms with Crippen molar-refractivity contribution in [3.63, 3.8) is 0 Å². The molecule has 0 unspecified atom stereocenters. The van der Waals surface area contributed by atoms with Gasteiger partial charge in [-0.2, -0.15) is 0 Å². The van der Waals surface area contributed by atoms with Gasteiger partial charge in [-0.15, -0.1) is 0 Å². The average Bonchev–Trinajstić information content (AvgIpc) is 2.45. The molecule has 0 radical (unpaired) electrons. The zero-order chi connectivity index (χ0) is 14.8. The van der Waals surface area contributed by atoms with Gasteiger partial charge in [0.25, 0.3) is 0 Å². The Morgan fingerprint density at radius 3 is 2.15 bits per heavy atom. The van der Waals surface area contributed by atoms with Crippen molar-refractivity contribution in [1.29, 1.82) is 0 Å². The molecule has 1 aliphatic carbocycles. The standard InChI is InChI=1S/C18H24O2/c1-18(2,3)14-10-7-6-9-13(14)17-15(19-4)11-8-12-16(17)20-5/h6-9,11-12,14H,10H2,1-5H3/t14-/m1/s1. The predicted octanol–water partition coefficient (Wildman–Crippen LogP) is 4.71. The maximum absolute atomic E-state index is 5.56. The highest BCUT2D eigenvalue weighted by atomic mass is 16.5. The van der Waals surface area contributed by atoms with E-state index in [1.807, 2.05) is 18.2 Å². The Morgan fingerprint density at radius 2 is 1.65 bits per heavy atom. The van der Waals surface area contributed by atoms with Crippen LogP contribution in [0.25, 0.3) is 5.57 Å². The van der Waals surface area contributed by atoms with Crippen LogP contribution in [-0.4, -0.2) is 14.2 Å².